The second-order valence-corrected chi connectivity index (χ2v) is 13.2. The van der Waals surface area contributed by atoms with Crippen molar-refractivity contribution >= 4 is 87.2 Å². The van der Waals surface area contributed by atoms with E-state index in [4.69, 9.17) is 23.8 Å². The van der Waals surface area contributed by atoms with E-state index in [1.807, 2.05) is 48.5 Å². The smallest absolute Gasteiger partial charge is 0.238 e. The van der Waals surface area contributed by atoms with E-state index in [2.05, 4.69) is 102 Å². The molecule has 6 heteroatoms. The van der Waals surface area contributed by atoms with Gasteiger partial charge in [0.05, 0.1) is 11.0 Å². The van der Waals surface area contributed by atoms with E-state index < -0.39 is 0 Å². The highest BCUT2D eigenvalue weighted by Gasteiger charge is 2.22. The molecule has 6 nitrogen and oxygen atoms in total. The summed E-state index contributed by atoms with van der Waals surface area (Å²) in [6.45, 7) is 0. The number of hydrogen-bond donors (Lipinski definition) is 0. The van der Waals surface area contributed by atoms with Crippen molar-refractivity contribution in [3.05, 3.63) is 146 Å². The number of hydrogen-bond acceptors (Lipinski definition) is 5. The van der Waals surface area contributed by atoms with Crippen LogP contribution in [-0.2, 0) is 0 Å². The SMILES string of the molecule is c1ccc2c(c1)oc1cc(-c3nc(-c4ccc5c(c4)oc4ccccc45)nc(-n4c5cccc6c7ccccc7c7cccc4c7c65)n3)ccc12. The Morgan fingerprint density at radius 1 is 0.353 bits per heavy atom. The number of nitrogens with zero attached hydrogens (tertiary/aromatic N) is 4. The normalized spacial score (nSPS) is 12.3. The van der Waals surface area contributed by atoms with Crippen molar-refractivity contribution < 1.29 is 8.83 Å². The largest absolute Gasteiger partial charge is 0.456 e. The van der Waals surface area contributed by atoms with Crippen LogP contribution >= 0.6 is 0 Å². The maximum Gasteiger partial charge on any atom is 0.238 e. The van der Waals surface area contributed by atoms with E-state index in [9.17, 15) is 0 Å². The monoisotopic (exact) mass is 652 g/mol. The maximum absolute atomic E-state index is 6.30. The molecule has 12 rings (SSSR count). The second-order valence-electron chi connectivity index (χ2n) is 13.2. The molecule has 51 heavy (non-hydrogen) atoms. The number of aromatic nitrogens is 4. The molecule has 0 aliphatic heterocycles. The van der Waals surface area contributed by atoms with Crippen LogP contribution in [0, 0.1) is 0 Å². The van der Waals surface area contributed by atoms with Crippen molar-refractivity contribution in [2.75, 3.05) is 0 Å². The van der Waals surface area contributed by atoms with Crippen LogP contribution in [0.15, 0.2) is 154 Å². The van der Waals surface area contributed by atoms with Crippen LogP contribution in [-0.4, -0.2) is 19.5 Å². The summed E-state index contributed by atoms with van der Waals surface area (Å²) in [6, 6.07) is 50.3. The van der Waals surface area contributed by atoms with Crippen LogP contribution in [0.1, 0.15) is 0 Å². The number of rotatable bonds is 3. The molecule has 0 aliphatic rings. The Balaban J connectivity index is 1.16. The van der Waals surface area contributed by atoms with Gasteiger partial charge in [0, 0.05) is 43.4 Å². The van der Waals surface area contributed by atoms with Crippen LogP contribution in [0.4, 0.5) is 0 Å². The minimum atomic E-state index is 0.546. The van der Waals surface area contributed by atoms with E-state index in [1.165, 1.54) is 32.3 Å². The van der Waals surface area contributed by atoms with Gasteiger partial charge in [0.15, 0.2) is 11.6 Å². The Labute approximate surface area is 289 Å². The summed E-state index contributed by atoms with van der Waals surface area (Å²) in [5, 5.41) is 11.6. The van der Waals surface area contributed by atoms with Crippen molar-refractivity contribution in [1.82, 2.24) is 19.5 Å². The van der Waals surface area contributed by atoms with Crippen molar-refractivity contribution in [2.45, 2.75) is 0 Å². The van der Waals surface area contributed by atoms with E-state index in [1.54, 1.807) is 0 Å². The van der Waals surface area contributed by atoms with Gasteiger partial charge in [0.25, 0.3) is 0 Å². The summed E-state index contributed by atoms with van der Waals surface area (Å²) in [4.78, 5) is 15.6. The first-order valence-corrected chi connectivity index (χ1v) is 17.0. The zero-order valence-corrected chi connectivity index (χ0v) is 27.0. The first-order chi connectivity index (χ1) is 25.3. The van der Waals surface area contributed by atoms with Gasteiger partial charge in [-0.15, -0.1) is 0 Å². The molecule has 0 unspecified atom stereocenters. The minimum Gasteiger partial charge on any atom is -0.456 e. The summed E-state index contributed by atoms with van der Waals surface area (Å²) in [5.41, 5.74) is 7.06. The molecule has 0 saturated heterocycles. The third-order valence-electron chi connectivity index (χ3n) is 10.4. The van der Waals surface area contributed by atoms with E-state index in [0.717, 1.165) is 66.0 Å². The van der Waals surface area contributed by atoms with Crippen molar-refractivity contribution in [2.24, 2.45) is 0 Å². The van der Waals surface area contributed by atoms with Crippen LogP contribution < -0.4 is 0 Å². The number of furan rings is 2. The molecule has 0 bridgehead atoms. The summed E-state index contributed by atoms with van der Waals surface area (Å²) in [7, 11) is 0. The van der Waals surface area contributed by atoms with Crippen molar-refractivity contribution in [1.29, 1.82) is 0 Å². The van der Waals surface area contributed by atoms with Crippen molar-refractivity contribution in [3.63, 3.8) is 0 Å². The fraction of sp³-hybridized carbons (Fsp3) is 0. The molecule has 236 valence electrons. The predicted molar refractivity (Wildman–Crippen MR) is 206 cm³/mol. The topological polar surface area (TPSA) is 69.9 Å². The lowest BCUT2D eigenvalue weighted by molar-refractivity contribution is 0.668. The van der Waals surface area contributed by atoms with Gasteiger partial charge in [-0.1, -0.05) is 97.1 Å². The lowest BCUT2D eigenvalue weighted by Crippen LogP contribution is -2.06. The molecule has 8 aromatic carbocycles. The zero-order chi connectivity index (χ0) is 33.2. The van der Waals surface area contributed by atoms with Crippen LogP contribution in [0.3, 0.4) is 0 Å². The van der Waals surface area contributed by atoms with Crippen molar-refractivity contribution in [3.8, 4) is 28.7 Å². The Bertz CT molecular complexity index is 3170. The Hall–Kier alpha value is -7.05. The molecule has 0 spiro atoms. The molecule has 0 aliphatic carbocycles. The van der Waals surface area contributed by atoms with Gasteiger partial charge >= 0.3 is 0 Å². The zero-order valence-electron chi connectivity index (χ0n) is 27.0. The number of benzene rings is 8. The van der Waals surface area contributed by atoms with Gasteiger partial charge in [0.2, 0.25) is 5.95 Å². The van der Waals surface area contributed by atoms with Crippen LogP contribution in [0.5, 0.6) is 0 Å². The van der Waals surface area contributed by atoms with Crippen LogP contribution in [0.25, 0.3) is 116 Å². The van der Waals surface area contributed by atoms with Gasteiger partial charge in [-0.2, -0.15) is 9.97 Å². The predicted octanol–water partition coefficient (Wildman–Crippen LogP) is 11.8. The highest BCUT2D eigenvalue weighted by molar-refractivity contribution is 6.34. The molecule has 0 N–H and O–H groups in total. The summed E-state index contributed by atoms with van der Waals surface area (Å²) in [6.07, 6.45) is 0. The van der Waals surface area contributed by atoms with Gasteiger partial charge in [0.1, 0.15) is 22.3 Å². The molecule has 0 saturated carbocycles. The first-order valence-electron chi connectivity index (χ1n) is 17.0. The molecular formula is C45H24N4O2. The average molecular weight is 653 g/mol. The fourth-order valence-electron chi connectivity index (χ4n) is 8.18. The maximum atomic E-state index is 6.30. The standard InChI is InChI=1S/C45H24N4O2/c1-2-10-28-27(9-1)33-13-7-15-35-41(33)42-34(28)14-8-16-36(42)49(35)45-47-43(25-19-21-31-29-11-3-5-17-37(29)50-39(31)23-25)46-44(48-45)26-20-22-32-30-12-4-6-18-38(30)51-40(32)24-26/h1-24H. The molecule has 0 radical (unpaired) electrons. The van der Waals surface area contributed by atoms with E-state index >= 15 is 0 Å². The molecule has 4 heterocycles. The third-order valence-corrected chi connectivity index (χ3v) is 10.4. The highest BCUT2D eigenvalue weighted by atomic mass is 16.3. The van der Waals surface area contributed by atoms with Crippen LogP contribution in [0.2, 0.25) is 0 Å². The summed E-state index contributed by atoms with van der Waals surface area (Å²) < 4.78 is 14.8. The molecule has 0 fully saturated rings. The number of para-hydroxylation sites is 2. The Morgan fingerprint density at radius 3 is 1.29 bits per heavy atom. The quantitative estimate of drug-likeness (QED) is 0.178. The van der Waals surface area contributed by atoms with Gasteiger partial charge in [-0.05, 0) is 70.1 Å². The van der Waals surface area contributed by atoms with Gasteiger partial charge in [-0.3, -0.25) is 4.57 Å². The fourth-order valence-corrected chi connectivity index (χ4v) is 8.18. The average Bonchev–Trinajstić information content (AvgIpc) is 3.86. The summed E-state index contributed by atoms with van der Waals surface area (Å²) in [5.74, 6) is 1.66. The summed E-state index contributed by atoms with van der Waals surface area (Å²) >= 11 is 0. The molecule has 12 aromatic rings. The number of fused-ring (bicyclic) bond motifs is 9. The van der Waals surface area contributed by atoms with E-state index in [-0.39, 0.29) is 0 Å². The molecular weight excluding hydrogens is 629 g/mol. The third kappa shape index (κ3) is 3.68. The van der Waals surface area contributed by atoms with Gasteiger partial charge in [-0.25, -0.2) is 4.98 Å². The molecule has 4 aromatic heterocycles. The lowest BCUT2D eigenvalue weighted by atomic mass is 9.95. The van der Waals surface area contributed by atoms with E-state index in [0.29, 0.717) is 17.6 Å². The minimum absolute atomic E-state index is 0.546. The van der Waals surface area contributed by atoms with Gasteiger partial charge < -0.3 is 8.83 Å². The molecule has 0 amide bonds. The Morgan fingerprint density at radius 2 is 0.784 bits per heavy atom. The lowest BCUT2D eigenvalue weighted by Gasteiger charge is -2.11. The second kappa shape index (κ2) is 9.77. The highest BCUT2D eigenvalue weighted by Crippen LogP contribution is 2.43. The Kier molecular flexibility index (Phi) is 5.14. The first kappa shape index (κ1) is 26.9. The molecule has 0 atom stereocenters.